The second kappa shape index (κ2) is 9.64. The minimum absolute atomic E-state index is 0.0956. The van der Waals surface area contributed by atoms with Gasteiger partial charge in [-0.3, -0.25) is 38.6 Å². The number of halogens is 1. The van der Waals surface area contributed by atoms with Gasteiger partial charge in [0.1, 0.15) is 5.75 Å². The van der Waals surface area contributed by atoms with Crippen LogP contribution in [0.4, 0.5) is 0 Å². The fraction of sp³-hybridized carbons (Fsp3) is 0.462. The van der Waals surface area contributed by atoms with Crippen molar-refractivity contribution < 1.29 is 44.1 Å². The third-order valence-electron chi connectivity index (χ3n) is 8.25. The van der Waals surface area contributed by atoms with Crippen molar-refractivity contribution >= 4 is 51.5 Å². The lowest BCUT2D eigenvalue weighted by atomic mass is 9.57. The number of carbonyl (C=O) groups excluding carboxylic acids is 4. The second-order valence-electron chi connectivity index (χ2n) is 10.2. The molecule has 2 heterocycles. The first kappa shape index (κ1) is 26.1. The molecule has 6 atom stereocenters. The van der Waals surface area contributed by atoms with Gasteiger partial charge in [-0.1, -0.05) is 27.6 Å². The summed E-state index contributed by atoms with van der Waals surface area (Å²) >= 11 is 3.39. The van der Waals surface area contributed by atoms with E-state index in [-0.39, 0.29) is 38.1 Å². The number of imide groups is 2. The van der Waals surface area contributed by atoms with E-state index < -0.39 is 77.5 Å². The molecule has 3 N–H and O–H groups in total. The molecule has 4 amide bonds. The van der Waals surface area contributed by atoms with Gasteiger partial charge in [0.05, 0.1) is 36.5 Å². The number of fused-ring (bicyclic) bond motifs is 4. The Kier molecular flexibility index (Phi) is 6.62. The van der Waals surface area contributed by atoms with Gasteiger partial charge in [0.25, 0.3) is 0 Å². The number of benzene rings is 1. The molecule has 38 heavy (non-hydrogen) atoms. The number of carboxylic acids is 2. The number of phenolic OH excluding ortho intramolecular Hbond substituents is 1. The molecule has 11 nitrogen and oxygen atoms in total. The lowest BCUT2D eigenvalue weighted by Gasteiger charge is -2.44. The first-order valence-corrected chi connectivity index (χ1v) is 13.1. The molecule has 4 aliphatic rings. The highest BCUT2D eigenvalue weighted by molar-refractivity contribution is 9.10. The summed E-state index contributed by atoms with van der Waals surface area (Å²) in [5.74, 6) is -9.00. The van der Waals surface area contributed by atoms with E-state index in [0.717, 1.165) is 9.80 Å². The SMILES string of the molecule is O=C(O)CCN1C(=O)C2CC=C3C(CC4C(=O)N(CCC(=O)O)C(=O)C4C3c3cc(Br)ccc3O)C2C1=O. The predicted molar refractivity (Wildman–Crippen MR) is 131 cm³/mol. The Morgan fingerprint density at radius 2 is 1.42 bits per heavy atom. The summed E-state index contributed by atoms with van der Waals surface area (Å²) in [6, 6.07) is 4.75. The van der Waals surface area contributed by atoms with Crippen LogP contribution in [0.5, 0.6) is 5.75 Å². The molecule has 6 unspecified atom stereocenters. The highest BCUT2D eigenvalue weighted by Crippen LogP contribution is 2.58. The maximum atomic E-state index is 13.6. The molecular weight excluding hydrogens is 564 g/mol. The molecule has 0 radical (unpaired) electrons. The highest BCUT2D eigenvalue weighted by Gasteiger charge is 2.62. The van der Waals surface area contributed by atoms with E-state index >= 15 is 0 Å². The van der Waals surface area contributed by atoms with Crippen molar-refractivity contribution in [1.82, 2.24) is 9.80 Å². The van der Waals surface area contributed by atoms with Crippen LogP contribution in [0.1, 0.15) is 37.2 Å². The van der Waals surface area contributed by atoms with E-state index in [1.54, 1.807) is 12.1 Å². The maximum absolute atomic E-state index is 13.6. The fourth-order valence-electron chi connectivity index (χ4n) is 6.70. The number of hydrogen-bond acceptors (Lipinski definition) is 7. The Bertz CT molecular complexity index is 1310. The zero-order chi connectivity index (χ0) is 27.5. The lowest BCUT2D eigenvalue weighted by Crippen LogP contribution is -2.43. The maximum Gasteiger partial charge on any atom is 0.305 e. The topological polar surface area (TPSA) is 170 Å². The van der Waals surface area contributed by atoms with Crippen molar-refractivity contribution in [1.29, 1.82) is 0 Å². The molecule has 3 fully saturated rings. The van der Waals surface area contributed by atoms with Crippen molar-refractivity contribution in [3.05, 3.63) is 39.9 Å². The number of rotatable bonds is 7. The van der Waals surface area contributed by atoms with Crippen molar-refractivity contribution in [3.8, 4) is 5.75 Å². The third-order valence-corrected chi connectivity index (χ3v) is 8.75. The summed E-state index contributed by atoms with van der Waals surface area (Å²) in [6.07, 6.45) is 1.34. The number of aromatic hydroxyl groups is 1. The first-order chi connectivity index (χ1) is 18.0. The van der Waals surface area contributed by atoms with Crippen LogP contribution in [0.3, 0.4) is 0 Å². The third kappa shape index (κ3) is 4.11. The van der Waals surface area contributed by atoms with Crippen LogP contribution in [-0.2, 0) is 28.8 Å². The van der Waals surface area contributed by atoms with Gasteiger partial charge < -0.3 is 15.3 Å². The average Bonchev–Trinajstić information content (AvgIpc) is 3.25. The van der Waals surface area contributed by atoms with Crippen LogP contribution in [0.2, 0.25) is 0 Å². The molecule has 0 spiro atoms. The minimum atomic E-state index is -1.16. The summed E-state index contributed by atoms with van der Waals surface area (Å²) in [5, 5.41) is 29.0. The number of allylic oxidation sites excluding steroid dienone is 2. The van der Waals surface area contributed by atoms with Gasteiger partial charge in [-0.15, -0.1) is 0 Å². The predicted octanol–water partition coefficient (Wildman–Crippen LogP) is 1.74. The quantitative estimate of drug-likeness (QED) is 0.317. The summed E-state index contributed by atoms with van der Waals surface area (Å²) in [7, 11) is 0. The van der Waals surface area contributed by atoms with Gasteiger partial charge in [-0.2, -0.15) is 0 Å². The average molecular weight is 589 g/mol. The molecule has 0 aromatic heterocycles. The molecular formula is C26H25BrN2O9. The van der Waals surface area contributed by atoms with Crippen LogP contribution >= 0.6 is 15.9 Å². The summed E-state index contributed by atoms with van der Waals surface area (Å²) in [6.45, 7) is -0.530. The first-order valence-electron chi connectivity index (χ1n) is 12.3. The number of amides is 4. The number of hydrogen-bond donors (Lipinski definition) is 3. The summed E-state index contributed by atoms with van der Waals surface area (Å²) in [4.78, 5) is 77.8. The largest absolute Gasteiger partial charge is 0.508 e. The molecule has 200 valence electrons. The molecule has 2 aliphatic carbocycles. The van der Waals surface area contributed by atoms with E-state index in [1.807, 2.05) is 6.08 Å². The normalized spacial score (nSPS) is 30.2. The fourth-order valence-corrected chi connectivity index (χ4v) is 7.08. The second-order valence-corrected chi connectivity index (χ2v) is 11.1. The van der Waals surface area contributed by atoms with Crippen LogP contribution in [0, 0.1) is 29.6 Å². The number of aliphatic carboxylic acids is 2. The molecule has 2 saturated heterocycles. The van der Waals surface area contributed by atoms with Gasteiger partial charge >= 0.3 is 11.9 Å². The van der Waals surface area contributed by atoms with E-state index in [9.17, 15) is 33.9 Å². The van der Waals surface area contributed by atoms with E-state index in [1.165, 1.54) is 6.07 Å². The molecule has 1 aromatic carbocycles. The zero-order valence-electron chi connectivity index (χ0n) is 20.1. The van der Waals surface area contributed by atoms with Crippen LogP contribution in [-0.4, -0.2) is 73.8 Å². The molecule has 1 saturated carbocycles. The molecule has 2 aliphatic heterocycles. The Hall–Kier alpha value is -3.54. The smallest absolute Gasteiger partial charge is 0.305 e. The van der Waals surface area contributed by atoms with Crippen molar-refractivity contribution in [2.24, 2.45) is 29.6 Å². The Labute approximate surface area is 225 Å². The highest BCUT2D eigenvalue weighted by atomic mass is 79.9. The molecule has 1 aromatic rings. The van der Waals surface area contributed by atoms with E-state index in [2.05, 4.69) is 15.9 Å². The monoisotopic (exact) mass is 588 g/mol. The van der Waals surface area contributed by atoms with Crippen molar-refractivity contribution in [3.63, 3.8) is 0 Å². The standard InChI is InChI=1S/C26H25BrN2O9/c27-11-1-4-17(30)15(9-11)20-12-2-3-13-21(25(37)28(23(13)35)7-5-18(31)32)14(12)10-16-22(20)26(38)29(24(16)36)8-6-19(33)34/h1-2,4,9,13-14,16,20-22,30H,3,5-8,10H2,(H,31,32)(H,33,34). The van der Waals surface area contributed by atoms with Crippen molar-refractivity contribution in [2.75, 3.05) is 13.1 Å². The number of nitrogens with zero attached hydrogens (tertiary/aromatic N) is 2. The van der Waals surface area contributed by atoms with E-state index in [0.29, 0.717) is 15.6 Å². The van der Waals surface area contributed by atoms with Crippen LogP contribution in [0.25, 0.3) is 0 Å². The number of likely N-dealkylation sites (tertiary alicyclic amines) is 2. The Balaban J connectivity index is 1.58. The van der Waals surface area contributed by atoms with Crippen LogP contribution in [0.15, 0.2) is 34.3 Å². The van der Waals surface area contributed by atoms with Gasteiger partial charge in [-0.25, -0.2) is 0 Å². The minimum Gasteiger partial charge on any atom is -0.508 e. The molecule has 0 bridgehead atoms. The van der Waals surface area contributed by atoms with Gasteiger partial charge in [0.2, 0.25) is 23.6 Å². The van der Waals surface area contributed by atoms with Crippen molar-refractivity contribution in [2.45, 2.75) is 31.6 Å². The number of phenols is 1. The van der Waals surface area contributed by atoms with Gasteiger partial charge in [0, 0.05) is 29.0 Å². The summed E-state index contributed by atoms with van der Waals surface area (Å²) < 4.78 is 0.629. The lowest BCUT2D eigenvalue weighted by molar-refractivity contribution is -0.145. The Morgan fingerprint density at radius 1 is 0.842 bits per heavy atom. The van der Waals surface area contributed by atoms with Gasteiger partial charge in [-0.05, 0) is 37.0 Å². The zero-order valence-corrected chi connectivity index (χ0v) is 21.7. The molecule has 12 heteroatoms. The van der Waals surface area contributed by atoms with Crippen LogP contribution < -0.4 is 0 Å². The number of carbonyl (C=O) groups is 6. The molecule has 5 rings (SSSR count). The Morgan fingerprint density at radius 3 is 2.03 bits per heavy atom. The van der Waals surface area contributed by atoms with Gasteiger partial charge in [0.15, 0.2) is 0 Å². The summed E-state index contributed by atoms with van der Waals surface area (Å²) in [5.41, 5.74) is 1.08. The number of carboxylic acid groups (broad SMARTS) is 2. The van der Waals surface area contributed by atoms with E-state index in [4.69, 9.17) is 10.2 Å².